The van der Waals surface area contributed by atoms with Crippen LogP contribution in [0.25, 0.3) is 0 Å². The average Bonchev–Trinajstić information content (AvgIpc) is 2.92. The third kappa shape index (κ3) is 2.95. The monoisotopic (exact) mass is 341 g/mol. The Morgan fingerprint density at radius 1 is 1.08 bits per heavy atom. The van der Waals surface area contributed by atoms with E-state index in [9.17, 15) is 14.4 Å². The minimum atomic E-state index is -0.538. The fraction of sp³-hybridized carbons (Fsp3) is 0.526. The van der Waals surface area contributed by atoms with Crippen molar-refractivity contribution in [3.63, 3.8) is 0 Å². The highest BCUT2D eigenvalue weighted by atomic mass is 16.2. The van der Waals surface area contributed by atoms with Crippen LogP contribution in [0.15, 0.2) is 18.2 Å². The first-order valence-corrected chi connectivity index (χ1v) is 8.99. The van der Waals surface area contributed by atoms with Gasteiger partial charge in [0.2, 0.25) is 11.8 Å². The van der Waals surface area contributed by atoms with Crippen LogP contribution in [0.3, 0.4) is 0 Å². The van der Waals surface area contributed by atoms with Crippen molar-refractivity contribution in [3.05, 3.63) is 34.9 Å². The molecule has 132 valence electrons. The Labute approximate surface area is 147 Å². The molecule has 1 N–H and O–H groups in total. The molecule has 0 spiro atoms. The molecule has 6 nitrogen and oxygen atoms in total. The summed E-state index contributed by atoms with van der Waals surface area (Å²) >= 11 is 0. The largest absolute Gasteiger partial charge is 0.322 e. The van der Waals surface area contributed by atoms with Gasteiger partial charge in [-0.05, 0) is 62.5 Å². The second kappa shape index (κ2) is 6.26. The summed E-state index contributed by atoms with van der Waals surface area (Å²) < 4.78 is 0. The number of benzene rings is 1. The van der Waals surface area contributed by atoms with Crippen LogP contribution >= 0.6 is 0 Å². The van der Waals surface area contributed by atoms with Crippen LogP contribution in [0.5, 0.6) is 0 Å². The standard InChI is InChI=1S/C19H23N3O3/c1-21-8-6-12(7-9-21)13-2-3-15-14(10-13)11-22(19(15)25)16-4-5-17(23)20-18(16)24/h2-3,10,12,16H,4-9,11H2,1H3,(H,20,23,24). The average molecular weight is 341 g/mol. The molecular weight excluding hydrogens is 318 g/mol. The highest BCUT2D eigenvalue weighted by Crippen LogP contribution is 2.33. The third-order valence-electron chi connectivity index (χ3n) is 5.74. The van der Waals surface area contributed by atoms with Crippen LogP contribution in [-0.2, 0) is 16.1 Å². The second-order valence-electron chi connectivity index (χ2n) is 7.39. The van der Waals surface area contributed by atoms with Gasteiger partial charge in [0, 0.05) is 18.5 Å². The lowest BCUT2D eigenvalue weighted by molar-refractivity contribution is -0.136. The molecule has 1 aromatic carbocycles. The van der Waals surface area contributed by atoms with Crippen LogP contribution in [0.4, 0.5) is 0 Å². The number of nitrogens with zero attached hydrogens (tertiary/aromatic N) is 2. The lowest BCUT2D eigenvalue weighted by Crippen LogP contribution is -2.52. The van der Waals surface area contributed by atoms with Gasteiger partial charge in [0.05, 0.1) is 0 Å². The van der Waals surface area contributed by atoms with Crippen molar-refractivity contribution < 1.29 is 14.4 Å². The number of hydrogen-bond acceptors (Lipinski definition) is 4. The van der Waals surface area contributed by atoms with E-state index in [2.05, 4.69) is 29.4 Å². The Kier molecular flexibility index (Phi) is 4.07. The summed E-state index contributed by atoms with van der Waals surface area (Å²) in [5.41, 5.74) is 3.00. The molecule has 0 aromatic heterocycles. The van der Waals surface area contributed by atoms with Crippen LogP contribution in [0.2, 0.25) is 0 Å². The summed E-state index contributed by atoms with van der Waals surface area (Å²) in [4.78, 5) is 40.1. The Hall–Kier alpha value is -2.21. The first kappa shape index (κ1) is 16.3. The van der Waals surface area contributed by atoms with Crippen LogP contribution in [-0.4, -0.2) is 53.7 Å². The number of fused-ring (bicyclic) bond motifs is 1. The number of likely N-dealkylation sites (tertiary alicyclic amines) is 1. The number of hydrogen-bond donors (Lipinski definition) is 1. The summed E-state index contributed by atoms with van der Waals surface area (Å²) in [7, 11) is 2.15. The molecular formula is C19H23N3O3. The number of rotatable bonds is 2. The number of carbonyl (C=O) groups excluding carboxylic acids is 3. The minimum Gasteiger partial charge on any atom is -0.322 e. The minimum absolute atomic E-state index is 0.0978. The van der Waals surface area contributed by atoms with E-state index in [0.717, 1.165) is 31.5 Å². The zero-order chi connectivity index (χ0) is 17.6. The zero-order valence-electron chi connectivity index (χ0n) is 14.5. The fourth-order valence-corrected chi connectivity index (χ4v) is 4.19. The van der Waals surface area contributed by atoms with Gasteiger partial charge >= 0.3 is 0 Å². The number of carbonyl (C=O) groups is 3. The Bertz CT molecular complexity index is 737. The van der Waals surface area contributed by atoms with Crippen molar-refractivity contribution in [2.24, 2.45) is 0 Å². The number of nitrogens with one attached hydrogen (secondary N) is 1. The quantitative estimate of drug-likeness (QED) is 0.822. The molecule has 3 heterocycles. The number of piperidine rings is 2. The smallest absolute Gasteiger partial charge is 0.255 e. The van der Waals surface area contributed by atoms with Crippen molar-refractivity contribution >= 4 is 17.7 Å². The maximum atomic E-state index is 12.7. The number of imide groups is 1. The van der Waals surface area contributed by atoms with Crippen molar-refractivity contribution in [3.8, 4) is 0 Å². The molecule has 1 atom stereocenters. The first-order valence-electron chi connectivity index (χ1n) is 8.99. The summed E-state index contributed by atoms with van der Waals surface area (Å²) in [5.74, 6) is -0.163. The molecule has 0 aliphatic carbocycles. The molecule has 2 saturated heterocycles. The van der Waals surface area contributed by atoms with Gasteiger partial charge in [-0.2, -0.15) is 0 Å². The summed E-state index contributed by atoms with van der Waals surface area (Å²) in [6, 6.07) is 5.59. The SMILES string of the molecule is CN1CCC(c2ccc3c(c2)CN(C2CCC(=O)NC2=O)C3=O)CC1. The van der Waals surface area contributed by atoms with Gasteiger partial charge in [-0.3, -0.25) is 19.7 Å². The maximum Gasteiger partial charge on any atom is 0.255 e. The van der Waals surface area contributed by atoms with Crippen LogP contribution in [0.1, 0.15) is 53.1 Å². The maximum absolute atomic E-state index is 12.7. The zero-order valence-corrected chi connectivity index (χ0v) is 14.5. The van der Waals surface area contributed by atoms with E-state index >= 15 is 0 Å². The Morgan fingerprint density at radius 3 is 2.56 bits per heavy atom. The molecule has 1 unspecified atom stereocenters. The lowest BCUT2D eigenvalue weighted by Gasteiger charge is -2.29. The van der Waals surface area contributed by atoms with E-state index in [1.807, 2.05) is 6.07 Å². The lowest BCUT2D eigenvalue weighted by atomic mass is 9.88. The molecule has 6 heteroatoms. The summed E-state index contributed by atoms with van der Waals surface area (Å²) in [6.45, 7) is 2.66. The topological polar surface area (TPSA) is 69.7 Å². The molecule has 0 radical (unpaired) electrons. The van der Waals surface area contributed by atoms with E-state index in [4.69, 9.17) is 0 Å². The predicted octanol–water partition coefficient (Wildman–Crippen LogP) is 1.26. The van der Waals surface area contributed by atoms with E-state index in [0.29, 0.717) is 24.4 Å². The highest BCUT2D eigenvalue weighted by Gasteiger charge is 2.39. The fourth-order valence-electron chi connectivity index (χ4n) is 4.19. The van der Waals surface area contributed by atoms with Crippen molar-refractivity contribution in [1.82, 2.24) is 15.1 Å². The Balaban J connectivity index is 1.53. The number of amides is 3. The van der Waals surface area contributed by atoms with Gasteiger partial charge in [0.25, 0.3) is 5.91 Å². The first-order chi connectivity index (χ1) is 12.0. The molecule has 0 bridgehead atoms. The second-order valence-corrected chi connectivity index (χ2v) is 7.39. The van der Waals surface area contributed by atoms with E-state index < -0.39 is 6.04 Å². The molecule has 3 aliphatic rings. The molecule has 1 aromatic rings. The molecule has 3 aliphatic heterocycles. The molecule has 3 amide bonds. The van der Waals surface area contributed by atoms with Gasteiger partial charge < -0.3 is 9.80 Å². The van der Waals surface area contributed by atoms with E-state index in [1.54, 1.807) is 4.90 Å². The highest BCUT2D eigenvalue weighted by molar-refractivity contribution is 6.05. The predicted molar refractivity (Wildman–Crippen MR) is 92.0 cm³/mol. The molecule has 2 fully saturated rings. The molecule has 25 heavy (non-hydrogen) atoms. The summed E-state index contributed by atoms with van der Waals surface area (Å²) in [6.07, 6.45) is 2.98. The van der Waals surface area contributed by atoms with Gasteiger partial charge in [-0.1, -0.05) is 12.1 Å². The van der Waals surface area contributed by atoms with Gasteiger partial charge in [0.15, 0.2) is 0 Å². The Morgan fingerprint density at radius 2 is 1.84 bits per heavy atom. The van der Waals surface area contributed by atoms with Crippen molar-refractivity contribution in [2.75, 3.05) is 20.1 Å². The van der Waals surface area contributed by atoms with Crippen molar-refractivity contribution in [2.45, 2.75) is 44.2 Å². The van der Waals surface area contributed by atoms with E-state index in [-0.39, 0.29) is 24.1 Å². The van der Waals surface area contributed by atoms with Gasteiger partial charge in [0.1, 0.15) is 6.04 Å². The van der Waals surface area contributed by atoms with Crippen LogP contribution < -0.4 is 5.32 Å². The van der Waals surface area contributed by atoms with Crippen LogP contribution in [0, 0.1) is 0 Å². The normalized spacial score (nSPS) is 25.2. The van der Waals surface area contributed by atoms with Gasteiger partial charge in [-0.25, -0.2) is 0 Å². The van der Waals surface area contributed by atoms with Crippen molar-refractivity contribution in [1.29, 1.82) is 0 Å². The molecule has 0 saturated carbocycles. The van der Waals surface area contributed by atoms with E-state index in [1.165, 1.54) is 5.56 Å². The van der Waals surface area contributed by atoms with Gasteiger partial charge in [-0.15, -0.1) is 0 Å². The summed E-state index contributed by atoms with van der Waals surface area (Å²) in [5, 5.41) is 2.34. The third-order valence-corrected chi connectivity index (χ3v) is 5.74. The molecule has 4 rings (SSSR count).